The molecule has 3 atom stereocenters. The molecule has 1 aliphatic heterocycles. The maximum Gasteiger partial charge on any atom is 0.243 e. The Balaban J connectivity index is 1.74. The highest BCUT2D eigenvalue weighted by Crippen LogP contribution is 2.50. The Kier molecular flexibility index (Phi) is 4.88. The van der Waals surface area contributed by atoms with Crippen molar-refractivity contribution in [3.05, 3.63) is 35.6 Å². The number of hydrogen-bond donors (Lipinski definition) is 1. The van der Waals surface area contributed by atoms with E-state index in [0.717, 1.165) is 0 Å². The van der Waals surface area contributed by atoms with Crippen LogP contribution in [-0.4, -0.2) is 48.8 Å². The van der Waals surface area contributed by atoms with Gasteiger partial charge in [-0.25, -0.2) is 4.39 Å². The summed E-state index contributed by atoms with van der Waals surface area (Å²) in [6.07, 6.45) is 0.0252. The Bertz CT molecular complexity index is 651. The van der Waals surface area contributed by atoms with Crippen LogP contribution in [0.3, 0.4) is 0 Å². The highest BCUT2D eigenvalue weighted by Gasteiger charge is 2.63. The Morgan fingerprint density at radius 2 is 2.16 bits per heavy atom. The molecular weight excluding hydrogens is 323 g/mol. The van der Waals surface area contributed by atoms with Crippen molar-refractivity contribution in [2.45, 2.75) is 44.9 Å². The van der Waals surface area contributed by atoms with Gasteiger partial charge in [-0.1, -0.05) is 32.0 Å². The third-order valence-electron chi connectivity index (χ3n) is 5.82. The average molecular weight is 350 g/mol. The van der Waals surface area contributed by atoms with Crippen LogP contribution in [0.15, 0.2) is 24.3 Å². The maximum atomic E-state index is 14.0. The predicted molar refractivity (Wildman–Crippen MR) is 92.4 cm³/mol. The van der Waals surface area contributed by atoms with Crippen molar-refractivity contribution in [2.24, 2.45) is 11.1 Å². The summed E-state index contributed by atoms with van der Waals surface area (Å²) in [4.78, 5) is 14.8. The van der Waals surface area contributed by atoms with Gasteiger partial charge in [0.15, 0.2) is 0 Å². The fraction of sp³-hybridized carbons (Fsp3) is 0.632. The number of halogens is 1. The maximum absolute atomic E-state index is 14.0. The largest absolute Gasteiger partial charge is 0.378 e. The van der Waals surface area contributed by atoms with Crippen molar-refractivity contribution in [1.29, 1.82) is 0 Å². The average Bonchev–Trinajstić information content (AvgIpc) is 2.61. The molecule has 2 aliphatic rings. The topological polar surface area (TPSA) is 64.8 Å². The number of nitrogens with zero attached hydrogens (tertiary/aromatic N) is 1. The zero-order chi connectivity index (χ0) is 18.2. The van der Waals surface area contributed by atoms with Crippen LogP contribution < -0.4 is 5.73 Å². The van der Waals surface area contributed by atoms with E-state index in [1.165, 1.54) is 6.07 Å². The number of carbonyl (C=O) groups excluding carboxylic acids is 1. The first kappa shape index (κ1) is 18.3. The zero-order valence-corrected chi connectivity index (χ0v) is 15.1. The quantitative estimate of drug-likeness (QED) is 0.905. The molecule has 0 radical (unpaired) electrons. The summed E-state index contributed by atoms with van der Waals surface area (Å²) in [5.74, 6) is -0.414. The molecule has 1 aliphatic carbocycles. The highest BCUT2D eigenvalue weighted by atomic mass is 19.1. The molecule has 25 heavy (non-hydrogen) atoms. The molecule has 0 aromatic heterocycles. The van der Waals surface area contributed by atoms with E-state index in [9.17, 15) is 9.18 Å². The molecule has 1 saturated carbocycles. The van der Waals surface area contributed by atoms with E-state index >= 15 is 0 Å². The number of nitrogens with two attached hydrogens (primary N) is 1. The molecule has 1 heterocycles. The summed E-state index contributed by atoms with van der Waals surface area (Å²) < 4.78 is 25.5. The minimum atomic E-state index is -0.954. The van der Waals surface area contributed by atoms with E-state index in [0.29, 0.717) is 38.3 Å². The molecule has 138 valence electrons. The predicted octanol–water partition coefficient (Wildman–Crippen LogP) is 2.26. The Labute approximate surface area is 148 Å². The number of rotatable bonds is 4. The van der Waals surface area contributed by atoms with Gasteiger partial charge in [-0.05, 0) is 13.0 Å². The standard InChI is InChI=1S/C19H27FN2O3/c1-4-24-16-11-19(21,18(16,2)3)17(23)22-9-10-25-15(12-22)13-7-5-6-8-14(13)20/h5-8,15-16H,4,9-12,21H2,1-3H3. The molecule has 0 spiro atoms. The molecule has 1 aromatic rings. The van der Waals surface area contributed by atoms with Gasteiger partial charge in [-0.15, -0.1) is 0 Å². The van der Waals surface area contributed by atoms with Crippen molar-refractivity contribution >= 4 is 5.91 Å². The second-order valence-electron chi connectivity index (χ2n) is 7.47. The van der Waals surface area contributed by atoms with Gasteiger partial charge in [0.05, 0.1) is 19.3 Å². The van der Waals surface area contributed by atoms with Crippen LogP contribution in [0.25, 0.3) is 0 Å². The van der Waals surface area contributed by atoms with E-state index in [4.69, 9.17) is 15.2 Å². The van der Waals surface area contributed by atoms with Gasteiger partial charge < -0.3 is 20.1 Å². The number of benzene rings is 1. The first-order valence-corrected chi connectivity index (χ1v) is 8.87. The van der Waals surface area contributed by atoms with Crippen LogP contribution in [0.2, 0.25) is 0 Å². The summed E-state index contributed by atoms with van der Waals surface area (Å²) in [7, 11) is 0. The van der Waals surface area contributed by atoms with Gasteiger partial charge in [0.25, 0.3) is 0 Å². The summed E-state index contributed by atoms with van der Waals surface area (Å²) >= 11 is 0. The second-order valence-corrected chi connectivity index (χ2v) is 7.47. The Morgan fingerprint density at radius 3 is 2.80 bits per heavy atom. The molecule has 2 N–H and O–H groups in total. The van der Waals surface area contributed by atoms with Crippen molar-refractivity contribution < 1.29 is 18.7 Å². The van der Waals surface area contributed by atoms with Gasteiger partial charge in [0, 0.05) is 30.6 Å². The van der Waals surface area contributed by atoms with Crippen LogP contribution in [0, 0.1) is 11.2 Å². The number of morpholine rings is 1. The lowest BCUT2D eigenvalue weighted by Gasteiger charge is -2.59. The monoisotopic (exact) mass is 350 g/mol. The van der Waals surface area contributed by atoms with Gasteiger partial charge in [0.1, 0.15) is 17.5 Å². The summed E-state index contributed by atoms with van der Waals surface area (Å²) in [5, 5.41) is 0. The Hall–Kier alpha value is -1.50. The van der Waals surface area contributed by atoms with Crippen LogP contribution in [0.4, 0.5) is 4.39 Å². The van der Waals surface area contributed by atoms with Crippen LogP contribution >= 0.6 is 0 Å². The Morgan fingerprint density at radius 1 is 1.44 bits per heavy atom. The van der Waals surface area contributed by atoms with Gasteiger partial charge in [0.2, 0.25) is 5.91 Å². The first-order valence-electron chi connectivity index (χ1n) is 8.87. The smallest absolute Gasteiger partial charge is 0.243 e. The van der Waals surface area contributed by atoms with Gasteiger partial charge >= 0.3 is 0 Å². The number of ether oxygens (including phenoxy) is 2. The fourth-order valence-corrected chi connectivity index (χ4v) is 3.84. The van der Waals surface area contributed by atoms with Crippen molar-refractivity contribution in [2.75, 3.05) is 26.3 Å². The van der Waals surface area contributed by atoms with Crippen LogP contribution in [-0.2, 0) is 14.3 Å². The molecule has 1 aromatic carbocycles. The molecule has 3 rings (SSSR count). The third kappa shape index (κ3) is 2.96. The molecule has 1 amide bonds. The molecular formula is C19H27FN2O3. The second kappa shape index (κ2) is 6.67. The molecule has 6 heteroatoms. The zero-order valence-electron chi connectivity index (χ0n) is 15.1. The van der Waals surface area contributed by atoms with Crippen molar-refractivity contribution in [3.63, 3.8) is 0 Å². The normalized spacial score (nSPS) is 31.5. The fourth-order valence-electron chi connectivity index (χ4n) is 3.84. The van der Waals surface area contributed by atoms with Crippen LogP contribution in [0.5, 0.6) is 0 Å². The van der Waals surface area contributed by atoms with Gasteiger partial charge in [-0.3, -0.25) is 4.79 Å². The summed E-state index contributed by atoms with van der Waals surface area (Å²) in [5.41, 5.74) is 5.59. The molecule has 0 bridgehead atoms. The number of amides is 1. The lowest BCUT2D eigenvalue weighted by Crippen LogP contribution is -2.76. The van der Waals surface area contributed by atoms with E-state index in [-0.39, 0.29) is 17.8 Å². The molecule has 5 nitrogen and oxygen atoms in total. The van der Waals surface area contributed by atoms with E-state index < -0.39 is 17.1 Å². The van der Waals surface area contributed by atoms with Gasteiger partial charge in [-0.2, -0.15) is 0 Å². The van der Waals surface area contributed by atoms with E-state index in [1.807, 2.05) is 20.8 Å². The minimum absolute atomic E-state index is 0.0187. The summed E-state index contributed by atoms with van der Waals surface area (Å²) in [6, 6.07) is 6.52. The first-order chi connectivity index (χ1) is 11.8. The molecule has 2 fully saturated rings. The molecule has 3 unspecified atom stereocenters. The molecule has 1 saturated heterocycles. The SMILES string of the molecule is CCOC1CC(N)(C(=O)N2CCOC(c3ccccc3F)C2)C1(C)C. The number of hydrogen-bond acceptors (Lipinski definition) is 4. The van der Waals surface area contributed by atoms with Crippen LogP contribution in [0.1, 0.15) is 38.9 Å². The van der Waals surface area contributed by atoms with E-state index in [1.54, 1.807) is 23.1 Å². The minimum Gasteiger partial charge on any atom is -0.378 e. The highest BCUT2D eigenvalue weighted by molar-refractivity contribution is 5.89. The summed E-state index contributed by atoms with van der Waals surface area (Å²) in [6.45, 7) is 7.65. The number of carbonyl (C=O) groups is 1. The van der Waals surface area contributed by atoms with Crippen molar-refractivity contribution in [1.82, 2.24) is 4.90 Å². The van der Waals surface area contributed by atoms with E-state index in [2.05, 4.69) is 0 Å². The lowest BCUT2D eigenvalue weighted by molar-refractivity contribution is -0.184. The van der Waals surface area contributed by atoms with Crippen molar-refractivity contribution in [3.8, 4) is 0 Å². The third-order valence-corrected chi connectivity index (χ3v) is 5.82. The lowest BCUT2D eigenvalue weighted by atomic mass is 9.54.